The molecule has 0 fully saturated rings. The van der Waals surface area contributed by atoms with Gasteiger partial charge in [-0.2, -0.15) is 5.10 Å². The Balaban J connectivity index is 1.84. The number of anilines is 1. The van der Waals surface area contributed by atoms with Gasteiger partial charge in [0.05, 0.1) is 12.3 Å². The van der Waals surface area contributed by atoms with E-state index in [2.05, 4.69) is 15.1 Å². The number of hydrogen-bond acceptors (Lipinski definition) is 5. The lowest BCUT2D eigenvalue weighted by Crippen LogP contribution is -2.26. The summed E-state index contributed by atoms with van der Waals surface area (Å²) in [5.74, 6) is 0.422. The van der Waals surface area contributed by atoms with Crippen molar-refractivity contribution >= 4 is 33.2 Å². The van der Waals surface area contributed by atoms with Gasteiger partial charge >= 0.3 is 0 Å². The summed E-state index contributed by atoms with van der Waals surface area (Å²) in [7, 11) is -2.15. The van der Waals surface area contributed by atoms with Crippen molar-refractivity contribution in [3.63, 3.8) is 0 Å². The Morgan fingerprint density at radius 2 is 2.12 bits per heavy atom. The molecule has 0 aliphatic rings. The number of benzene rings is 1. The van der Waals surface area contributed by atoms with Gasteiger partial charge in [-0.1, -0.05) is 17.7 Å². The number of sulfonamides is 1. The molecule has 2 rings (SSSR count). The maximum atomic E-state index is 12.3. The van der Waals surface area contributed by atoms with Crippen molar-refractivity contribution in [2.75, 3.05) is 18.5 Å². The number of hydrogen-bond donors (Lipinski definition) is 2. The molecule has 8 nitrogen and oxygen atoms in total. The first-order valence-electron chi connectivity index (χ1n) is 7.90. The van der Waals surface area contributed by atoms with Crippen LogP contribution in [0.1, 0.15) is 19.0 Å². The van der Waals surface area contributed by atoms with Crippen LogP contribution in [0.5, 0.6) is 5.75 Å². The third kappa shape index (κ3) is 5.20. The van der Waals surface area contributed by atoms with E-state index in [0.29, 0.717) is 30.2 Å². The number of aryl methyl sites for hydroxylation is 2. The van der Waals surface area contributed by atoms with Gasteiger partial charge in [-0.05, 0) is 25.5 Å². The number of aromatic nitrogens is 2. The first kappa shape index (κ1) is 20.2. The predicted molar refractivity (Wildman–Crippen MR) is 99.0 cm³/mol. The third-order valence-electron chi connectivity index (χ3n) is 3.41. The molecule has 2 aromatic rings. The van der Waals surface area contributed by atoms with Crippen LogP contribution in [-0.2, 0) is 21.9 Å². The van der Waals surface area contributed by atoms with E-state index < -0.39 is 10.0 Å². The van der Waals surface area contributed by atoms with Crippen molar-refractivity contribution < 1.29 is 17.9 Å². The minimum Gasteiger partial charge on any atom is -0.493 e. The average molecular weight is 401 g/mol. The summed E-state index contributed by atoms with van der Waals surface area (Å²) in [5, 5.41) is 6.74. The molecule has 0 spiro atoms. The van der Waals surface area contributed by atoms with Crippen molar-refractivity contribution in [3.05, 3.63) is 35.1 Å². The number of nitrogens with zero attached hydrogens (tertiary/aromatic N) is 2. The highest BCUT2D eigenvalue weighted by Gasteiger charge is 2.24. The highest BCUT2D eigenvalue weighted by molar-refractivity contribution is 7.89. The second kappa shape index (κ2) is 8.52. The molecule has 1 aromatic heterocycles. The SMILES string of the molecule is CC(=O)Nc1cccc(OCCCNS(=O)(=O)c2c(C)nn(C)c2Cl)c1. The maximum Gasteiger partial charge on any atom is 0.245 e. The quantitative estimate of drug-likeness (QED) is 0.660. The van der Waals surface area contributed by atoms with E-state index in [1.165, 1.54) is 11.6 Å². The van der Waals surface area contributed by atoms with Gasteiger partial charge in [-0.25, -0.2) is 13.1 Å². The van der Waals surface area contributed by atoms with Crippen LogP contribution in [0.4, 0.5) is 5.69 Å². The van der Waals surface area contributed by atoms with Crippen LogP contribution in [0.3, 0.4) is 0 Å². The van der Waals surface area contributed by atoms with Gasteiger partial charge in [0.2, 0.25) is 15.9 Å². The molecule has 1 heterocycles. The molecule has 0 radical (unpaired) electrons. The van der Waals surface area contributed by atoms with Crippen LogP contribution in [0.2, 0.25) is 5.15 Å². The largest absolute Gasteiger partial charge is 0.493 e. The van der Waals surface area contributed by atoms with E-state index >= 15 is 0 Å². The Morgan fingerprint density at radius 3 is 2.73 bits per heavy atom. The Kier molecular flexibility index (Phi) is 6.63. The molecule has 0 saturated heterocycles. The summed E-state index contributed by atoms with van der Waals surface area (Å²) < 4.78 is 34.1. The van der Waals surface area contributed by atoms with E-state index in [4.69, 9.17) is 16.3 Å². The Bertz CT molecular complexity index is 896. The zero-order valence-electron chi connectivity index (χ0n) is 14.7. The molecule has 142 valence electrons. The molecule has 0 bridgehead atoms. The predicted octanol–water partition coefficient (Wildman–Crippen LogP) is 2.09. The lowest BCUT2D eigenvalue weighted by atomic mass is 10.3. The Labute approximate surface area is 157 Å². The highest BCUT2D eigenvalue weighted by atomic mass is 35.5. The van der Waals surface area contributed by atoms with Crippen LogP contribution < -0.4 is 14.8 Å². The topological polar surface area (TPSA) is 102 Å². The van der Waals surface area contributed by atoms with Gasteiger partial charge in [0.15, 0.2) is 0 Å². The monoisotopic (exact) mass is 400 g/mol. The zero-order chi connectivity index (χ0) is 19.3. The number of carbonyl (C=O) groups excluding carboxylic acids is 1. The molecule has 26 heavy (non-hydrogen) atoms. The van der Waals surface area contributed by atoms with E-state index in [1.54, 1.807) is 38.2 Å². The van der Waals surface area contributed by atoms with E-state index in [1.807, 2.05) is 0 Å². The molecule has 0 aliphatic carbocycles. The molecule has 10 heteroatoms. The lowest BCUT2D eigenvalue weighted by molar-refractivity contribution is -0.114. The van der Waals surface area contributed by atoms with Crippen molar-refractivity contribution in [3.8, 4) is 5.75 Å². The fourth-order valence-electron chi connectivity index (χ4n) is 2.32. The molecule has 0 saturated carbocycles. The minimum absolute atomic E-state index is 0.00871. The minimum atomic E-state index is -3.73. The standard InChI is InChI=1S/C16H21ClN4O4S/c1-11-15(16(17)21(3)20-11)26(23,24)18-8-5-9-25-14-7-4-6-13(10-14)19-12(2)22/h4,6-7,10,18H,5,8-9H2,1-3H3,(H,19,22). The first-order chi connectivity index (χ1) is 12.2. The summed E-state index contributed by atoms with van der Waals surface area (Å²) in [6, 6.07) is 6.97. The van der Waals surface area contributed by atoms with Crippen LogP contribution in [-0.4, -0.2) is 37.3 Å². The van der Waals surface area contributed by atoms with Gasteiger partial charge in [-0.15, -0.1) is 0 Å². The Morgan fingerprint density at radius 1 is 1.38 bits per heavy atom. The number of nitrogens with one attached hydrogen (secondary N) is 2. The van der Waals surface area contributed by atoms with Crippen LogP contribution in [0.15, 0.2) is 29.2 Å². The molecule has 1 aromatic carbocycles. The van der Waals surface area contributed by atoms with E-state index in [0.717, 1.165) is 0 Å². The number of amides is 1. The summed E-state index contributed by atoms with van der Waals surface area (Å²) in [4.78, 5) is 11.0. The van der Waals surface area contributed by atoms with Gasteiger partial charge < -0.3 is 10.1 Å². The van der Waals surface area contributed by atoms with Crippen LogP contribution >= 0.6 is 11.6 Å². The highest BCUT2D eigenvalue weighted by Crippen LogP contribution is 2.23. The second-order valence-corrected chi connectivity index (χ2v) is 7.70. The van der Waals surface area contributed by atoms with Crippen molar-refractivity contribution in [2.45, 2.75) is 25.2 Å². The summed E-state index contributed by atoms with van der Waals surface area (Å²) in [5.41, 5.74) is 0.980. The summed E-state index contributed by atoms with van der Waals surface area (Å²) >= 11 is 6.00. The number of carbonyl (C=O) groups is 1. The number of rotatable bonds is 8. The molecule has 0 aliphatic heterocycles. The van der Waals surface area contributed by atoms with Gasteiger partial charge in [0.25, 0.3) is 0 Å². The molecular weight excluding hydrogens is 380 g/mol. The van der Waals surface area contributed by atoms with E-state index in [9.17, 15) is 13.2 Å². The van der Waals surface area contributed by atoms with Crippen molar-refractivity contribution in [1.82, 2.24) is 14.5 Å². The van der Waals surface area contributed by atoms with E-state index in [-0.39, 0.29) is 22.5 Å². The smallest absolute Gasteiger partial charge is 0.245 e. The third-order valence-corrected chi connectivity index (χ3v) is 5.56. The molecule has 0 unspecified atom stereocenters. The first-order valence-corrected chi connectivity index (χ1v) is 9.76. The fraction of sp³-hybridized carbons (Fsp3) is 0.375. The average Bonchev–Trinajstić information content (AvgIpc) is 2.79. The molecule has 2 N–H and O–H groups in total. The van der Waals surface area contributed by atoms with Gasteiger partial charge in [-0.3, -0.25) is 9.48 Å². The van der Waals surface area contributed by atoms with Crippen molar-refractivity contribution in [1.29, 1.82) is 0 Å². The lowest BCUT2D eigenvalue weighted by Gasteiger charge is -2.09. The fourth-order valence-corrected chi connectivity index (χ4v) is 4.14. The van der Waals surface area contributed by atoms with Crippen LogP contribution in [0.25, 0.3) is 0 Å². The zero-order valence-corrected chi connectivity index (χ0v) is 16.3. The molecular formula is C16H21ClN4O4S. The van der Waals surface area contributed by atoms with Crippen molar-refractivity contribution in [2.24, 2.45) is 7.05 Å². The summed E-state index contributed by atoms with van der Waals surface area (Å²) in [6.07, 6.45) is 0.459. The van der Waals surface area contributed by atoms with Gasteiger partial charge in [0, 0.05) is 32.3 Å². The Hall–Kier alpha value is -2.10. The van der Waals surface area contributed by atoms with Gasteiger partial charge in [0.1, 0.15) is 15.8 Å². The number of halogens is 1. The maximum absolute atomic E-state index is 12.3. The van der Waals surface area contributed by atoms with Crippen LogP contribution in [0, 0.1) is 6.92 Å². The normalized spacial score (nSPS) is 11.4. The number of ether oxygens (including phenoxy) is 1. The summed E-state index contributed by atoms with van der Waals surface area (Å²) in [6.45, 7) is 3.52. The molecule has 1 amide bonds. The molecule has 0 atom stereocenters. The second-order valence-electron chi connectivity index (χ2n) is 5.64.